The van der Waals surface area contributed by atoms with Crippen molar-refractivity contribution in [2.75, 3.05) is 0 Å². The summed E-state index contributed by atoms with van der Waals surface area (Å²) in [5.74, 6) is -2.20. The summed E-state index contributed by atoms with van der Waals surface area (Å²) in [7, 11) is 1.60. The fourth-order valence-corrected chi connectivity index (χ4v) is 4.24. The Morgan fingerprint density at radius 3 is 1.65 bits per heavy atom. The van der Waals surface area contributed by atoms with Crippen LogP contribution in [0.5, 0.6) is 0 Å². The lowest BCUT2D eigenvalue weighted by molar-refractivity contribution is -0.137. The van der Waals surface area contributed by atoms with E-state index in [1.165, 1.54) is 0 Å². The first-order chi connectivity index (χ1) is 8.01. The van der Waals surface area contributed by atoms with E-state index in [2.05, 4.69) is 33.5 Å². The molecule has 0 saturated carbocycles. The molecule has 0 aliphatic rings. The molecule has 0 aliphatic heterocycles. The SMILES string of the molecule is O=C(O)C(SS)c1nnc(C(SS)C(=O)O)s1. The summed E-state index contributed by atoms with van der Waals surface area (Å²) in [6.45, 7) is 0. The number of hydrogen-bond donors (Lipinski definition) is 4. The Balaban J connectivity index is 2.97. The number of nitrogens with zero attached hydrogens (tertiary/aromatic N) is 2. The third kappa shape index (κ3) is 3.68. The van der Waals surface area contributed by atoms with Gasteiger partial charge >= 0.3 is 11.9 Å². The summed E-state index contributed by atoms with van der Waals surface area (Å²) >= 11 is 8.59. The van der Waals surface area contributed by atoms with E-state index in [9.17, 15) is 9.59 Å². The second-order valence-corrected chi connectivity index (χ2v) is 6.30. The normalized spacial score (nSPS) is 14.2. The zero-order valence-electron chi connectivity index (χ0n) is 7.88. The number of carbonyl (C=O) groups is 2. The molecule has 1 rings (SSSR count). The van der Waals surface area contributed by atoms with Crippen molar-refractivity contribution in [2.24, 2.45) is 0 Å². The first-order valence-electron chi connectivity index (χ1n) is 3.90. The van der Waals surface area contributed by atoms with Gasteiger partial charge in [0.05, 0.1) is 0 Å². The first-order valence-corrected chi connectivity index (χ1v) is 8.58. The van der Waals surface area contributed by atoms with Gasteiger partial charge in [0.2, 0.25) is 0 Å². The Labute approximate surface area is 118 Å². The van der Waals surface area contributed by atoms with Crippen LogP contribution in [0.1, 0.15) is 20.5 Å². The molecule has 6 nitrogen and oxygen atoms in total. The molecule has 0 amide bonds. The predicted octanol–water partition coefficient (Wildman–Crippen LogP) is 1.95. The number of thiol groups is 2. The van der Waals surface area contributed by atoms with Crippen LogP contribution in [0.3, 0.4) is 0 Å². The average Bonchev–Trinajstić information content (AvgIpc) is 2.68. The smallest absolute Gasteiger partial charge is 0.324 e. The summed E-state index contributed by atoms with van der Waals surface area (Å²) in [5.41, 5.74) is 0. The largest absolute Gasteiger partial charge is 0.480 e. The van der Waals surface area contributed by atoms with Crippen LogP contribution in [0, 0.1) is 0 Å². The third-order valence-corrected chi connectivity index (χ3v) is 5.45. The highest BCUT2D eigenvalue weighted by Crippen LogP contribution is 2.38. The molecule has 2 unspecified atom stereocenters. The van der Waals surface area contributed by atoms with Crippen molar-refractivity contribution in [2.45, 2.75) is 10.5 Å². The van der Waals surface area contributed by atoms with Crippen LogP contribution in [0.2, 0.25) is 0 Å². The molecule has 0 bridgehead atoms. The number of rotatable bonds is 6. The lowest BCUT2D eigenvalue weighted by Gasteiger charge is -2.03. The van der Waals surface area contributed by atoms with E-state index in [1.807, 2.05) is 0 Å². The van der Waals surface area contributed by atoms with Gasteiger partial charge in [0.1, 0.15) is 10.0 Å². The monoisotopic (exact) mass is 330 g/mol. The highest BCUT2D eigenvalue weighted by atomic mass is 33.1. The highest BCUT2D eigenvalue weighted by Gasteiger charge is 2.28. The summed E-state index contributed by atoms with van der Waals surface area (Å²) < 4.78 is 0. The van der Waals surface area contributed by atoms with Crippen LogP contribution in [0.4, 0.5) is 0 Å². The quantitative estimate of drug-likeness (QED) is 0.464. The lowest BCUT2D eigenvalue weighted by atomic mass is 10.4. The van der Waals surface area contributed by atoms with E-state index >= 15 is 0 Å². The van der Waals surface area contributed by atoms with Crippen molar-refractivity contribution in [3.63, 3.8) is 0 Å². The van der Waals surface area contributed by atoms with Gasteiger partial charge < -0.3 is 10.2 Å². The van der Waals surface area contributed by atoms with Gasteiger partial charge in [-0.25, -0.2) is 0 Å². The van der Waals surface area contributed by atoms with Crippen LogP contribution in [-0.4, -0.2) is 32.3 Å². The van der Waals surface area contributed by atoms with Crippen LogP contribution in [-0.2, 0) is 9.59 Å². The van der Waals surface area contributed by atoms with Crippen molar-refractivity contribution in [3.8, 4) is 0 Å². The van der Waals surface area contributed by atoms with E-state index in [1.54, 1.807) is 0 Å². The molecule has 0 saturated heterocycles. The molecule has 0 radical (unpaired) electrons. The third-order valence-electron chi connectivity index (χ3n) is 1.56. The van der Waals surface area contributed by atoms with Crippen molar-refractivity contribution < 1.29 is 19.8 Å². The van der Waals surface area contributed by atoms with Gasteiger partial charge in [-0.3, -0.25) is 9.59 Å². The Kier molecular flexibility index (Phi) is 5.92. The lowest BCUT2D eigenvalue weighted by Crippen LogP contribution is -2.06. The Bertz CT molecular complexity index is 388. The molecule has 2 N–H and O–H groups in total. The Morgan fingerprint density at radius 2 is 1.41 bits per heavy atom. The van der Waals surface area contributed by atoms with Crippen LogP contribution < -0.4 is 0 Å². The van der Waals surface area contributed by atoms with E-state index in [0.29, 0.717) is 0 Å². The fraction of sp³-hybridized carbons (Fsp3) is 0.333. The summed E-state index contributed by atoms with van der Waals surface area (Å²) in [5, 5.41) is 23.6. The molecule has 0 fully saturated rings. The maximum atomic E-state index is 10.8. The average molecular weight is 330 g/mol. The zero-order chi connectivity index (χ0) is 13.0. The first kappa shape index (κ1) is 15.0. The van der Waals surface area contributed by atoms with Crippen molar-refractivity contribution in [1.29, 1.82) is 0 Å². The van der Waals surface area contributed by atoms with Gasteiger partial charge in [-0.1, -0.05) is 32.9 Å². The molecule has 1 aromatic rings. The van der Waals surface area contributed by atoms with Crippen molar-refractivity contribution in [1.82, 2.24) is 10.2 Å². The van der Waals surface area contributed by atoms with E-state index in [0.717, 1.165) is 32.9 Å². The van der Waals surface area contributed by atoms with Gasteiger partial charge in [0.25, 0.3) is 0 Å². The highest BCUT2D eigenvalue weighted by molar-refractivity contribution is 8.69. The minimum Gasteiger partial charge on any atom is -0.480 e. The van der Waals surface area contributed by atoms with Crippen LogP contribution >= 0.6 is 56.2 Å². The van der Waals surface area contributed by atoms with Gasteiger partial charge in [-0.05, 0) is 0 Å². The Morgan fingerprint density at radius 1 is 1.06 bits per heavy atom. The molecule has 0 spiro atoms. The summed E-state index contributed by atoms with van der Waals surface area (Å²) in [6, 6.07) is 0. The second-order valence-electron chi connectivity index (χ2n) is 2.63. The van der Waals surface area contributed by atoms with Gasteiger partial charge in [0.15, 0.2) is 10.5 Å². The fourth-order valence-electron chi connectivity index (χ4n) is 0.850. The number of aliphatic carboxylic acids is 2. The topological polar surface area (TPSA) is 100 Å². The molecular weight excluding hydrogens is 324 g/mol. The molecular formula is C6H6N2O4S5. The predicted molar refractivity (Wildman–Crippen MR) is 73.8 cm³/mol. The van der Waals surface area contributed by atoms with E-state index in [4.69, 9.17) is 10.2 Å². The summed E-state index contributed by atoms with van der Waals surface area (Å²) in [4.78, 5) is 21.7. The number of hydrogen-bond acceptors (Lipinski definition) is 9. The Hall–Kier alpha value is -0.100. The molecule has 94 valence electrons. The summed E-state index contributed by atoms with van der Waals surface area (Å²) in [6.07, 6.45) is 0. The van der Waals surface area contributed by atoms with Gasteiger partial charge in [-0.2, -0.15) is 0 Å². The van der Waals surface area contributed by atoms with E-state index in [-0.39, 0.29) is 10.0 Å². The van der Waals surface area contributed by atoms with E-state index < -0.39 is 22.4 Å². The van der Waals surface area contributed by atoms with Crippen LogP contribution in [0.15, 0.2) is 0 Å². The standard InChI is InChI=1S/C6H6N2O4S5/c9-5(10)1(16-13)3-7-8-4(15-3)2(17-14)6(11)12/h1-2,13-14H,(H,9,10)(H,11,12). The minimum absolute atomic E-state index is 0.209. The van der Waals surface area contributed by atoms with Crippen molar-refractivity contribution >= 4 is 68.2 Å². The van der Waals surface area contributed by atoms with Gasteiger partial charge in [0, 0.05) is 0 Å². The number of carboxylic acids is 2. The van der Waals surface area contributed by atoms with Crippen LogP contribution in [0.25, 0.3) is 0 Å². The maximum absolute atomic E-state index is 10.8. The maximum Gasteiger partial charge on any atom is 0.324 e. The second kappa shape index (κ2) is 6.73. The van der Waals surface area contributed by atoms with Gasteiger partial charge in [-0.15, -0.1) is 33.5 Å². The van der Waals surface area contributed by atoms with Crippen molar-refractivity contribution in [3.05, 3.63) is 10.0 Å². The molecule has 2 atom stereocenters. The molecule has 17 heavy (non-hydrogen) atoms. The number of carboxylic acid groups (broad SMARTS) is 2. The minimum atomic E-state index is -1.10. The molecule has 0 aromatic carbocycles. The molecule has 0 aliphatic carbocycles. The molecule has 11 heteroatoms. The zero-order valence-corrected chi connectivity index (χ0v) is 12.1. The number of aromatic nitrogens is 2. The molecule has 1 aromatic heterocycles. The molecule has 1 heterocycles.